The number of likely N-dealkylation sites (N-methyl/N-ethyl adjacent to an activating group) is 1. The van der Waals surface area contributed by atoms with Crippen LogP contribution in [-0.2, 0) is 13.1 Å². The second kappa shape index (κ2) is 8.83. The van der Waals surface area contributed by atoms with Crippen molar-refractivity contribution in [3.05, 3.63) is 59.9 Å². The van der Waals surface area contributed by atoms with Gasteiger partial charge in [-0.25, -0.2) is 9.67 Å². The molecule has 0 bridgehead atoms. The zero-order valence-electron chi connectivity index (χ0n) is 16.5. The van der Waals surface area contributed by atoms with Gasteiger partial charge in [0.1, 0.15) is 5.75 Å². The summed E-state index contributed by atoms with van der Waals surface area (Å²) in [5, 5.41) is 4.41. The molecule has 1 N–H and O–H groups in total. The number of hydrogen-bond donors (Lipinski definition) is 1. The maximum atomic E-state index is 5.46. The molecule has 3 aromatic rings. The summed E-state index contributed by atoms with van der Waals surface area (Å²) in [5.74, 6) is 0.851. The number of aromatic nitrogens is 4. The van der Waals surface area contributed by atoms with E-state index in [1.807, 2.05) is 23.0 Å². The molecule has 1 aromatic carbocycles. The molecule has 0 spiro atoms. The lowest BCUT2D eigenvalue weighted by molar-refractivity contribution is 0.223. The van der Waals surface area contributed by atoms with E-state index in [1.165, 1.54) is 5.56 Å². The number of nitrogens with zero attached hydrogens (tertiary/aromatic N) is 5. The van der Waals surface area contributed by atoms with Gasteiger partial charge in [0.05, 0.1) is 24.8 Å². The fourth-order valence-corrected chi connectivity index (χ4v) is 3.01. The molecule has 2 aromatic heterocycles. The van der Waals surface area contributed by atoms with Crippen LogP contribution in [0, 0.1) is 6.92 Å². The zero-order valence-corrected chi connectivity index (χ0v) is 16.5. The molecule has 0 atom stereocenters. The molecule has 0 aliphatic rings. The molecule has 0 saturated carbocycles. The highest BCUT2D eigenvalue weighted by molar-refractivity contribution is 5.45. The van der Waals surface area contributed by atoms with Gasteiger partial charge < -0.3 is 14.6 Å². The lowest BCUT2D eigenvalue weighted by atomic mass is 10.1. The number of benzene rings is 1. The molecule has 0 radical (unpaired) electrons. The van der Waals surface area contributed by atoms with E-state index in [4.69, 9.17) is 4.74 Å². The van der Waals surface area contributed by atoms with E-state index < -0.39 is 0 Å². The van der Waals surface area contributed by atoms with Crippen LogP contribution in [0.25, 0.3) is 5.69 Å². The van der Waals surface area contributed by atoms with E-state index >= 15 is 0 Å². The van der Waals surface area contributed by atoms with Gasteiger partial charge in [0.2, 0.25) is 0 Å². The first-order chi connectivity index (χ1) is 13.1. The van der Waals surface area contributed by atoms with Gasteiger partial charge in [-0.3, -0.25) is 4.90 Å². The summed E-state index contributed by atoms with van der Waals surface area (Å²) < 4.78 is 7.36. The number of H-pyrrole nitrogens is 1. The summed E-state index contributed by atoms with van der Waals surface area (Å²) >= 11 is 0. The quantitative estimate of drug-likeness (QED) is 0.629. The molecular formula is C20H28N6O. The van der Waals surface area contributed by atoms with E-state index in [2.05, 4.69) is 58.0 Å². The lowest BCUT2D eigenvalue weighted by Crippen LogP contribution is -2.31. The maximum absolute atomic E-state index is 5.46. The van der Waals surface area contributed by atoms with Crippen molar-refractivity contribution in [1.82, 2.24) is 29.5 Å². The zero-order chi connectivity index (χ0) is 19.2. The Kier molecular flexibility index (Phi) is 6.26. The first-order valence-corrected chi connectivity index (χ1v) is 9.09. The molecule has 0 aliphatic heterocycles. The molecule has 2 heterocycles. The van der Waals surface area contributed by atoms with E-state index in [-0.39, 0.29) is 0 Å². The normalized spacial score (nSPS) is 11.5. The Morgan fingerprint density at radius 2 is 2.04 bits per heavy atom. The van der Waals surface area contributed by atoms with Crippen molar-refractivity contribution in [2.75, 3.05) is 34.3 Å². The summed E-state index contributed by atoms with van der Waals surface area (Å²) in [6, 6.07) is 8.07. The maximum Gasteiger partial charge on any atom is 0.119 e. The smallest absolute Gasteiger partial charge is 0.119 e. The van der Waals surface area contributed by atoms with Crippen LogP contribution in [0.4, 0.5) is 0 Å². The van der Waals surface area contributed by atoms with Gasteiger partial charge in [0.15, 0.2) is 0 Å². The average molecular weight is 368 g/mol. The minimum absolute atomic E-state index is 0.784. The Morgan fingerprint density at radius 3 is 2.67 bits per heavy atom. The Bertz CT molecular complexity index is 840. The molecule has 7 nitrogen and oxygen atoms in total. The highest BCUT2D eigenvalue weighted by atomic mass is 16.5. The SMILES string of the molecule is COc1ccc(-n2cccn2)c(CN(CCN(C)C)Cc2nc[nH]c2C)c1. The van der Waals surface area contributed by atoms with E-state index in [1.54, 1.807) is 19.6 Å². The van der Waals surface area contributed by atoms with Crippen LogP contribution < -0.4 is 4.74 Å². The summed E-state index contributed by atoms with van der Waals surface area (Å²) in [6.45, 7) is 5.55. The van der Waals surface area contributed by atoms with Gasteiger partial charge in [-0.05, 0) is 50.8 Å². The van der Waals surface area contributed by atoms with Gasteiger partial charge in [-0.15, -0.1) is 0 Å². The second-order valence-corrected chi connectivity index (χ2v) is 6.93. The standard InChI is InChI=1S/C20H28N6O/c1-16-19(22-15-21-16)14-25(11-10-24(2)3)13-17-12-18(27-4)6-7-20(17)26-9-5-8-23-26/h5-9,12,15H,10-11,13-14H2,1-4H3,(H,21,22). The van der Waals surface area contributed by atoms with Crippen LogP contribution in [-0.4, -0.2) is 63.8 Å². The van der Waals surface area contributed by atoms with Crippen molar-refractivity contribution in [2.45, 2.75) is 20.0 Å². The van der Waals surface area contributed by atoms with Gasteiger partial charge in [-0.2, -0.15) is 5.10 Å². The molecule has 0 saturated heterocycles. The third-order valence-corrected chi connectivity index (χ3v) is 4.60. The van der Waals surface area contributed by atoms with Crippen LogP contribution in [0.3, 0.4) is 0 Å². The van der Waals surface area contributed by atoms with Crippen LogP contribution in [0.15, 0.2) is 43.0 Å². The van der Waals surface area contributed by atoms with Crippen molar-refractivity contribution < 1.29 is 4.74 Å². The molecular weight excluding hydrogens is 340 g/mol. The van der Waals surface area contributed by atoms with Gasteiger partial charge in [0, 0.05) is 44.3 Å². The van der Waals surface area contributed by atoms with Crippen molar-refractivity contribution in [3.8, 4) is 11.4 Å². The number of aryl methyl sites for hydroxylation is 1. The third-order valence-electron chi connectivity index (χ3n) is 4.60. The largest absolute Gasteiger partial charge is 0.497 e. The van der Waals surface area contributed by atoms with Crippen molar-refractivity contribution in [2.24, 2.45) is 0 Å². The summed E-state index contributed by atoms with van der Waals surface area (Å²) in [4.78, 5) is 12.3. The van der Waals surface area contributed by atoms with Crippen molar-refractivity contribution >= 4 is 0 Å². The third kappa shape index (κ3) is 4.96. The topological polar surface area (TPSA) is 62.2 Å². The summed E-state index contributed by atoms with van der Waals surface area (Å²) in [6.07, 6.45) is 5.52. The Morgan fingerprint density at radius 1 is 1.19 bits per heavy atom. The number of nitrogens with one attached hydrogen (secondary N) is 1. The number of rotatable bonds is 9. The molecule has 0 fully saturated rings. The first-order valence-electron chi connectivity index (χ1n) is 9.09. The minimum Gasteiger partial charge on any atom is -0.497 e. The van der Waals surface area contributed by atoms with Gasteiger partial charge >= 0.3 is 0 Å². The molecule has 0 amide bonds. The predicted molar refractivity (Wildman–Crippen MR) is 106 cm³/mol. The average Bonchev–Trinajstić information content (AvgIpc) is 3.32. The summed E-state index contributed by atoms with van der Waals surface area (Å²) in [5.41, 5.74) is 4.43. The minimum atomic E-state index is 0.784. The highest BCUT2D eigenvalue weighted by Crippen LogP contribution is 2.23. The highest BCUT2D eigenvalue weighted by Gasteiger charge is 2.15. The van der Waals surface area contributed by atoms with Crippen molar-refractivity contribution in [3.63, 3.8) is 0 Å². The first kappa shape index (κ1) is 19.1. The monoisotopic (exact) mass is 368 g/mol. The molecule has 7 heteroatoms. The second-order valence-electron chi connectivity index (χ2n) is 6.93. The number of hydrogen-bond acceptors (Lipinski definition) is 5. The van der Waals surface area contributed by atoms with Gasteiger partial charge in [-0.1, -0.05) is 0 Å². The Balaban J connectivity index is 1.88. The van der Waals surface area contributed by atoms with Crippen LogP contribution >= 0.6 is 0 Å². The number of imidazole rings is 1. The fourth-order valence-electron chi connectivity index (χ4n) is 3.01. The van der Waals surface area contributed by atoms with Crippen LogP contribution in [0.2, 0.25) is 0 Å². The van der Waals surface area contributed by atoms with Crippen LogP contribution in [0.1, 0.15) is 17.0 Å². The fraction of sp³-hybridized carbons (Fsp3) is 0.400. The van der Waals surface area contributed by atoms with E-state index in [0.29, 0.717) is 0 Å². The lowest BCUT2D eigenvalue weighted by Gasteiger charge is -2.25. The van der Waals surface area contributed by atoms with Gasteiger partial charge in [0.25, 0.3) is 0 Å². The van der Waals surface area contributed by atoms with E-state index in [0.717, 1.165) is 49.0 Å². The number of methoxy groups -OCH3 is 1. The number of aromatic amines is 1. The molecule has 144 valence electrons. The predicted octanol–water partition coefficient (Wildman–Crippen LogP) is 2.48. The molecule has 0 aliphatic carbocycles. The Hall–Kier alpha value is -2.64. The van der Waals surface area contributed by atoms with Crippen molar-refractivity contribution in [1.29, 1.82) is 0 Å². The van der Waals surface area contributed by atoms with Crippen LogP contribution in [0.5, 0.6) is 5.75 Å². The number of ether oxygens (including phenoxy) is 1. The van der Waals surface area contributed by atoms with E-state index in [9.17, 15) is 0 Å². The summed E-state index contributed by atoms with van der Waals surface area (Å²) in [7, 11) is 5.89. The Labute approximate surface area is 160 Å². The molecule has 27 heavy (non-hydrogen) atoms. The molecule has 3 rings (SSSR count). The molecule has 0 unspecified atom stereocenters.